The fourth-order valence-electron chi connectivity index (χ4n) is 2.55. The molecule has 1 saturated carbocycles. The molecule has 1 aromatic heterocycles. The summed E-state index contributed by atoms with van der Waals surface area (Å²) in [6, 6.07) is 0.493. The Morgan fingerprint density at radius 2 is 2.06 bits per heavy atom. The SMILES string of the molecule is c1nc(CNC2CCC3(CC2)OCCO3)no1. The third-order valence-electron chi connectivity index (χ3n) is 3.52. The van der Waals surface area contributed by atoms with Crippen molar-refractivity contribution in [2.24, 2.45) is 0 Å². The fraction of sp³-hybridized carbons (Fsp3) is 0.818. The van der Waals surface area contributed by atoms with E-state index in [9.17, 15) is 0 Å². The number of aromatic nitrogens is 2. The van der Waals surface area contributed by atoms with Crippen LogP contribution in [0.1, 0.15) is 31.5 Å². The molecule has 1 aromatic rings. The molecule has 0 unspecified atom stereocenters. The smallest absolute Gasteiger partial charge is 0.213 e. The molecule has 1 N–H and O–H groups in total. The van der Waals surface area contributed by atoms with Gasteiger partial charge in [-0.1, -0.05) is 5.16 Å². The van der Waals surface area contributed by atoms with Gasteiger partial charge in [-0.05, 0) is 12.8 Å². The predicted octanol–water partition coefficient (Wildman–Crippen LogP) is 0.845. The maximum Gasteiger partial charge on any atom is 0.213 e. The molecule has 6 nitrogen and oxygen atoms in total. The van der Waals surface area contributed by atoms with Gasteiger partial charge in [0, 0.05) is 18.9 Å². The van der Waals surface area contributed by atoms with Gasteiger partial charge in [-0.3, -0.25) is 0 Å². The second-order valence-corrected chi connectivity index (χ2v) is 4.61. The summed E-state index contributed by atoms with van der Waals surface area (Å²) in [4.78, 5) is 3.98. The molecule has 0 atom stereocenters. The molecule has 1 aliphatic carbocycles. The molecule has 1 saturated heterocycles. The average molecular weight is 239 g/mol. The Bertz CT molecular complexity index is 339. The van der Waals surface area contributed by atoms with Crippen LogP contribution in [-0.4, -0.2) is 35.2 Å². The van der Waals surface area contributed by atoms with E-state index in [1.54, 1.807) is 0 Å². The lowest BCUT2D eigenvalue weighted by atomic mass is 9.90. The molecule has 0 radical (unpaired) electrons. The van der Waals surface area contributed by atoms with Crippen molar-refractivity contribution in [1.29, 1.82) is 0 Å². The van der Waals surface area contributed by atoms with Gasteiger partial charge in [-0.25, -0.2) is 0 Å². The lowest BCUT2D eigenvalue weighted by molar-refractivity contribution is -0.179. The van der Waals surface area contributed by atoms with E-state index in [0.29, 0.717) is 18.4 Å². The van der Waals surface area contributed by atoms with Crippen molar-refractivity contribution in [3.05, 3.63) is 12.2 Å². The number of hydrogen-bond donors (Lipinski definition) is 1. The maximum absolute atomic E-state index is 5.69. The zero-order valence-corrected chi connectivity index (χ0v) is 9.72. The van der Waals surface area contributed by atoms with Gasteiger partial charge in [0.1, 0.15) is 0 Å². The van der Waals surface area contributed by atoms with Gasteiger partial charge in [0.2, 0.25) is 6.39 Å². The van der Waals surface area contributed by atoms with E-state index >= 15 is 0 Å². The van der Waals surface area contributed by atoms with Crippen molar-refractivity contribution >= 4 is 0 Å². The molecule has 94 valence electrons. The largest absolute Gasteiger partial charge is 0.348 e. The molecule has 3 rings (SSSR count). The number of rotatable bonds is 3. The van der Waals surface area contributed by atoms with Crippen LogP contribution < -0.4 is 5.32 Å². The molecule has 0 bridgehead atoms. The second-order valence-electron chi connectivity index (χ2n) is 4.61. The first-order valence-corrected chi connectivity index (χ1v) is 6.13. The quantitative estimate of drug-likeness (QED) is 0.843. The summed E-state index contributed by atoms with van der Waals surface area (Å²) >= 11 is 0. The monoisotopic (exact) mass is 239 g/mol. The second kappa shape index (κ2) is 4.72. The van der Waals surface area contributed by atoms with Crippen molar-refractivity contribution in [2.45, 2.75) is 44.1 Å². The number of nitrogens with one attached hydrogen (secondary N) is 1. The maximum atomic E-state index is 5.69. The Hall–Kier alpha value is -0.980. The highest BCUT2D eigenvalue weighted by atomic mass is 16.7. The molecule has 1 aliphatic heterocycles. The summed E-state index contributed by atoms with van der Waals surface area (Å²) < 4.78 is 16.1. The van der Waals surface area contributed by atoms with E-state index in [4.69, 9.17) is 9.47 Å². The van der Waals surface area contributed by atoms with Crippen molar-refractivity contribution in [1.82, 2.24) is 15.5 Å². The molecule has 2 heterocycles. The highest BCUT2D eigenvalue weighted by Crippen LogP contribution is 2.35. The van der Waals surface area contributed by atoms with Crippen LogP contribution in [0.25, 0.3) is 0 Å². The molecule has 17 heavy (non-hydrogen) atoms. The molecule has 6 heteroatoms. The van der Waals surface area contributed by atoms with Gasteiger partial charge in [0.15, 0.2) is 11.6 Å². The van der Waals surface area contributed by atoms with Crippen molar-refractivity contribution < 1.29 is 14.0 Å². The topological polar surface area (TPSA) is 69.4 Å². The Morgan fingerprint density at radius 3 is 2.71 bits per heavy atom. The van der Waals surface area contributed by atoms with Crippen LogP contribution in [0.15, 0.2) is 10.9 Å². The van der Waals surface area contributed by atoms with E-state index < -0.39 is 0 Å². The summed E-state index contributed by atoms with van der Waals surface area (Å²) in [6.45, 7) is 2.14. The van der Waals surface area contributed by atoms with Crippen molar-refractivity contribution in [3.8, 4) is 0 Å². The van der Waals surface area contributed by atoms with Crippen LogP contribution in [-0.2, 0) is 16.0 Å². The number of hydrogen-bond acceptors (Lipinski definition) is 6. The summed E-state index contributed by atoms with van der Waals surface area (Å²) in [6.07, 6.45) is 5.43. The van der Waals surface area contributed by atoms with Crippen LogP contribution in [0, 0.1) is 0 Å². The van der Waals surface area contributed by atoms with Gasteiger partial charge >= 0.3 is 0 Å². The normalized spacial score (nSPS) is 24.5. The summed E-state index contributed by atoms with van der Waals surface area (Å²) in [7, 11) is 0. The Kier molecular flexibility index (Phi) is 3.09. The Balaban J connectivity index is 1.45. The third-order valence-corrected chi connectivity index (χ3v) is 3.52. The van der Waals surface area contributed by atoms with Crippen LogP contribution in [0.3, 0.4) is 0 Å². The minimum Gasteiger partial charge on any atom is -0.348 e. The van der Waals surface area contributed by atoms with Gasteiger partial charge in [0.05, 0.1) is 19.8 Å². The molecule has 2 fully saturated rings. The Morgan fingerprint density at radius 1 is 1.29 bits per heavy atom. The molecular formula is C11H17N3O3. The van der Waals surface area contributed by atoms with Crippen LogP contribution in [0.4, 0.5) is 0 Å². The van der Waals surface area contributed by atoms with E-state index in [-0.39, 0.29) is 5.79 Å². The van der Waals surface area contributed by atoms with Gasteiger partial charge in [-0.15, -0.1) is 0 Å². The molecular weight excluding hydrogens is 222 g/mol. The van der Waals surface area contributed by atoms with E-state index in [1.165, 1.54) is 6.39 Å². The van der Waals surface area contributed by atoms with Crippen LogP contribution in [0.2, 0.25) is 0 Å². The minimum atomic E-state index is -0.273. The van der Waals surface area contributed by atoms with Crippen molar-refractivity contribution in [3.63, 3.8) is 0 Å². The van der Waals surface area contributed by atoms with Gasteiger partial charge in [-0.2, -0.15) is 4.98 Å². The first-order chi connectivity index (χ1) is 8.36. The number of nitrogens with zero attached hydrogens (tertiary/aromatic N) is 2. The predicted molar refractivity (Wildman–Crippen MR) is 58.0 cm³/mol. The summed E-state index contributed by atoms with van der Waals surface area (Å²) in [5, 5.41) is 7.21. The molecule has 0 aromatic carbocycles. The average Bonchev–Trinajstić information content (AvgIpc) is 3.01. The van der Waals surface area contributed by atoms with Gasteiger partial charge in [0.25, 0.3) is 0 Å². The highest BCUT2D eigenvalue weighted by molar-refractivity contribution is 4.87. The van der Waals surface area contributed by atoms with Crippen LogP contribution in [0.5, 0.6) is 0 Å². The lowest BCUT2D eigenvalue weighted by Crippen LogP contribution is -2.41. The number of ether oxygens (including phenoxy) is 2. The third kappa shape index (κ3) is 2.48. The molecule has 0 amide bonds. The van der Waals surface area contributed by atoms with E-state index in [1.807, 2.05) is 0 Å². The lowest BCUT2D eigenvalue weighted by Gasteiger charge is -2.35. The molecule has 2 aliphatic rings. The zero-order chi connectivity index (χ0) is 11.6. The molecule has 1 spiro atoms. The zero-order valence-electron chi connectivity index (χ0n) is 9.72. The first kappa shape index (κ1) is 11.1. The van der Waals surface area contributed by atoms with Gasteiger partial charge < -0.3 is 19.3 Å². The summed E-state index contributed by atoms with van der Waals surface area (Å²) in [5.74, 6) is 0.434. The van der Waals surface area contributed by atoms with Crippen molar-refractivity contribution in [2.75, 3.05) is 13.2 Å². The first-order valence-electron chi connectivity index (χ1n) is 6.13. The standard InChI is InChI=1S/C11H17N3O3/c1-3-11(15-5-6-16-11)4-2-9(1)12-7-10-13-8-17-14-10/h8-9,12H,1-7H2. The van der Waals surface area contributed by atoms with E-state index in [2.05, 4.69) is 20.0 Å². The highest BCUT2D eigenvalue weighted by Gasteiger charge is 2.40. The van der Waals surface area contributed by atoms with Crippen LogP contribution >= 0.6 is 0 Å². The van der Waals surface area contributed by atoms with E-state index in [0.717, 1.165) is 38.9 Å². The summed E-state index contributed by atoms with van der Waals surface area (Å²) in [5.41, 5.74) is 0. The minimum absolute atomic E-state index is 0.273. The Labute approximate surface area is 99.7 Å². The fourth-order valence-corrected chi connectivity index (χ4v) is 2.55.